The van der Waals surface area contributed by atoms with Crippen LogP contribution < -0.4 is 5.73 Å². The number of methoxy groups -OCH3 is 1. The van der Waals surface area contributed by atoms with Crippen LogP contribution in [0.1, 0.15) is 10.4 Å². The van der Waals surface area contributed by atoms with E-state index in [-0.39, 0.29) is 0 Å². The molecule has 6 heteroatoms. The van der Waals surface area contributed by atoms with Crippen molar-refractivity contribution in [1.82, 2.24) is 10.2 Å². The van der Waals surface area contributed by atoms with Gasteiger partial charge in [0.05, 0.1) is 23.6 Å². The molecule has 0 bridgehead atoms. The predicted molar refractivity (Wildman–Crippen MR) is 59.5 cm³/mol. The Labute approximate surface area is 93.7 Å². The van der Waals surface area contributed by atoms with Crippen LogP contribution >= 0.6 is 15.9 Å². The molecule has 0 radical (unpaired) electrons. The zero-order chi connectivity index (χ0) is 11.0. The van der Waals surface area contributed by atoms with Crippen molar-refractivity contribution in [2.45, 2.75) is 0 Å². The summed E-state index contributed by atoms with van der Waals surface area (Å²) in [6, 6.07) is 3.19. The summed E-state index contributed by atoms with van der Waals surface area (Å²) in [6.45, 7) is 0. The minimum atomic E-state index is -0.428. The lowest BCUT2D eigenvalue weighted by Gasteiger charge is -2.01. The molecule has 0 aliphatic heterocycles. The van der Waals surface area contributed by atoms with Crippen molar-refractivity contribution in [2.75, 3.05) is 12.8 Å². The second kappa shape index (κ2) is 3.54. The Morgan fingerprint density at radius 3 is 3.00 bits per heavy atom. The fourth-order valence-electron chi connectivity index (χ4n) is 1.38. The molecule has 1 aromatic heterocycles. The number of hydrogen-bond donors (Lipinski definition) is 2. The Morgan fingerprint density at radius 1 is 1.60 bits per heavy atom. The number of fused-ring (bicyclic) bond motifs is 1. The first-order valence-electron chi connectivity index (χ1n) is 4.15. The van der Waals surface area contributed by atoms with Crippen molar-refractivity contribution in [1.29, 1.82) is 0 Å². The Balaban J connectivity index is 2.68. The van der Waals surface area contributed by atoms with Crippen molar-refractivity contribution in [2.24, 2.45) is 0 Å². The fourth-order valence-corrected chi connectivity index (χ4v) is 1.90. The maximum Gasteiger partial charge on any atom is 0.338 e. The monoisotopic (exact) mass is 269 g/mol. The van der Waals surface area contributed by atoms with E-state index < -0.39 is 5.97 Å². The van der Waals surface area contributed by atoms with E-state index in [1.807, 2.05) is 0 Å². The quantitative estimate of drug-likeness (QED) is 0.610. The first kappa shape index (κ1) is 9.97. The summed E-state index contributed by atoms with van der Waals surface area (Å²) in [5.74, 6) is -0.428. The summed E-state index contributed by atoms with van der Waals surface area (Å²) < 4.78 is 5.30. The van der Waals surface area contributed by atoms with Gasteiger partial charge in [-0.3, -0.25) is 5.10 Å². The number of esters is 1. The van der Waals surface area contributed by atoms with Gasteiger partial charge in [0.1, 0.15) is 4.60 Å². The van der Waals surface area contributed by atoms with Gasteiger partial charge in [-0.05, 0) is 28.1 Å². The van der Waals surface area contributed by atoms with Gasteiger partial charge in [-0.1, -0.05) is 0 Å². The van der Waals surface area contributed by atoms with Gasteiger partial charge >= 0.3 is 5.97 Å². The number of carbonyl (C=O) groups is 1. The highest BCUT2D eigenvalue weighted by atomic mass is 79.9. The van der Waals surface area contributed by atoms with Crippen LogP contribution in [0.5, 0.6) is 0 Å². The molecule has 2 rings (SSSR count). The van der Waals surface area contributed by atoms with E-state index in [0.717, 1.165) is 5.39 Å². The molecule has 2 aromatic rings. The van der Waals surface area contributed by atoms with Gasteiger partial charge in [0.15, 0.2) is 0 Å². The number of hydrogen-bond acceptors (Lipinski definition) is 4. The molecule has 1 heterocycles. The van der Waals surface area contributed by atoms with E-state index in [9.17, 15) is 4.79 Å². The van der Waals surface area contributed by atoms with Crippen molar-refractivity contribution in [3.63, 3.8) is 0 Å². The second-order valence-corrected chi connectivity index (χ2v) is 3.78. The lowest BCUT2D eigenvalue weighted by atomic mass is 10.1. The lowest BCUT2D eigenvalue weighted by molar-refractivity contribution is 0.0601. The summed E-state index contributed by atoms with van der Waals surface area (Å²) >= 11 is 3.28. The highest BCUT2D eigenvalue weighted by molar-refractivity contribution is 9.10. The molecule has 0 aliphatic carbocycles. The number of aromatic nitrogens is 2. The maximum atomic E-state index is 11.3. The van der Waals surface area contributed by atoms with E-state index in [2.05, 4.69) is 30.9 Å². The number of anilines is 1. The Hall–Kier alpha value is -1.56. The smallest absolute Gasteiger partial charge is 0.338 e. The topological polar surface area (TPSA) is 81.0 Å². The zero-order valence-corrected chi connectivity index (χ0v) is 9.46. The molecule has 3 N–H and O–H groups in total. The molecule has 0 fully saturated rings. The number of aromatic amines is 1. The highest BCUT2D eigenvalue weighted by Crippen LogP contribution is 2.28. The number of carbonyl (C=O) groups excluding carboxylic acids is 1. The Morgan fingerprint density at radius 2 is 2.33 bits per heavy atom. The molecular weight excluding hydrogens is 262 g/mol. The van der Waals surface area contributed by atoms with E-state index in [0.29, 0.717) is 21.4 Å². The third kappa shape index (κ3) is 1.56. The lowest BCUT2D eigenvalue weighted by Crippen LogP contribution is -2.02. The number of H-pyrrole nitrogens is 1. The molecule has 5 nitrogen and oxygen atoms in total. The van der Waals surface area contributed by atoms with Crippen LogP contribution in [0.25, 0.3) is 10.9 Å². The van der Waals surface area contributed by atoms with Crippen LogP contribution in [-0.2, 0) is 4.74 Å². The number of halogens is 1. The first-order valence-corrected chi connectivity index (χ1v) is 4.94. The van der Waals surface area contributed by atoms with Gasteiger partial charge in [-0.2, -0.15) is 5.10 Å². The van der Waals surface area contributed by atoms with E-state index in [1.54, 1.807) is 12.1 Å². The molecule has 0 saturated carbocycles. The minimum Gasteiger partial charge on any atom is -0.465 e. The highest BCUT2D eigenvalue weighted by Gasteiger charge is 2.12. The summed E-state index contributed by atoms with van der Waals surface area (Å²) in [5, 5.41) is 7.50. The zero-order valence-electron chi connectivity index (χ0n) is 7.87. The van der Waals surface area contributed by atoms with E-state index >= 15 is 0 Å². The van der Waals surface area contributed by atoms with E-state index in [1.165, 1.54) is 7.11 Å². The number of ether oxygens (including phenoxy) is 1. The Kier molecular flexibility index (Phi) is 2.36. The summed E-state index contributed by atoms with van der Waals surface area (Å²) in [6.07, 6.45) is 0. The van der Waals surface area contributed by atoms with Crippen LogP contribution in [0, 0.1) is 0 Å². The number of benzene rings is 1. The minimum absolute atomic E-state index is 0.390. The largest absolute Gasteiger partial charge is 0.465 e. The second-order valence-electron chi connectivity index (χ2n) is 2.99. The number of nitrogens with zero attached hydrogens (tertiary/aromatic N) is 1. The molecule has 0 atom stereocenters. The van der Waals surface area contributed by atoms with Gasteiger partial charge in [0, 0.05) is 5.69 Å². The maximum absolute atomic E-state index is 11.3. The average molecular weight is 270 g/mol. The van der Waals surface area contributed by atoms with Crippen LogP contribution in [-0.4, -0.2) is 23.3 Å². The predicted octanol–water partition coefficient (Wildman–Crippen LogP) is 1.69. The molecular formula is C9H8BrN3O2. The molecule has 0 aliphatic rings. The molecule has 0 saturated heterocycles. The van der Waals surface area contributed by atoms with E-state index in [4.69, 9.17) is 5.73 Å². The summed E-state index contributed by atoms with van der Waals surface area (Å²) in [4.78, 5) is 11.3. The van der Waals surface area contributed by atoms with Gasteiger partial charge < -0.3 is 10.5 Å². The Bertz CT molecular complexity index is 535. The average Bonchev–Trinajstić information content (AvgIpc) is 2.59. The van der Waals surface area contributed by atoms with Gasteiger partial charge in [-0.15, -0.1) is 0 Å². The van der Waals surface area contributed by atoms with Crippen LogP contribution in [0.2, 0.25) is 0 Å². The van der Waals surface area contributed by atoms with Crippen molar-refractivity contribution < 1.29 is 9.53 Å². The van der Waals surface area contributed by atoms with Gasteiger partial charge in [-0.25, -0.2) is 4.79 Å². The van der Waals surface area contributed by atoms with Crippen LogP contribution in [0.4, 0.5) is 5.69 Å². The van der Waals surface area contributed by atoms with Crippen LogP contribution in [0.3, 0.4) is 0 Å². The number of nitrogens with one attached hydrogen (secondary N) is 1. The number of rotatable bonds is 1. The fraction of sp³-hybridized carbons (Fsp3) is 0.111. The molecule has 0 unspecified atom stereocenters. The number of nitrogens with two attached hydrogens (primary N) is 1. The van der Waals surface area contributed by atoms with Crippen molar-refractivity contribution in [3.05, 3.63) is 22.3 Å². The molecule has 78 valence electrons. The van der Waals surface area contributed by atoms with Crippen LogP contribution in [0.15, 0.2) is 16.7 Å². The standard InChI is InChI=1S/C9H8BrN3O2/c1-15-9(14)4-2-5(11)7-6(3-4)12-13-8(7)10/h2-3H,11H2,1H3,(H,12,13). The SMILES string of the molecule is COC(=O)c1cc(N)c2c(Br)[nH]nc2c1. The van der Waals surface area contributed by atoms with Crippen molar-refractivity contribution in [3.8, 4) is 0 Å². The summed E-state index contributed by atoms with van der Waals surface area (Å²) in [7, 11) is 1.32. The molecule has 1 aromatic carbocycles. The molecule has 15 heavy (non-hydrogen) atoms. The van der Waals surface area contributed by atoms with Gasteiger partial charge in [0.2, 0.25) is 0 Å². The van der Waals surface area contributed by atoms with Crippen molar-refractivity contribution >= 4 is 38.5 Å². The molecule has 0 amide bonds. The van der Waals surface area contributed by atoms with Gasteiger partial charge in [0.25, 0.3) is 0 Å². The normalized spacial score (nSPS) is 10.5. The molecule has 0 spiro atoms. The summed E-state index contributed by atoms with van der Waals surface area (Å²) in [5.41, 5.74) is 7.29. The third-order valence-corrected chi connectivity index (χ3v) is 2.64. The third-order valence-electron chi connectivity index (χ3n) is 2.06. The number of nitrogen functional groups attached to an aromatic ring is 1. The first-order chi connectivity index (χ1) is 7.13.